The molecule has 2 aromatic rings. The van der Waals surface area contributed by atoms with Crippen molar-refractivity contribution >= 4 is 33.4 Å². The maximum absolute atomic E-state index is 12.5. The predicted octanol–water partition coefficient (Wildman–Crippen LogP) is 3.38. The number of hydrogen-bond donors (Lipinski definition) is 2. The third kappa shape index (κ3) is 5.69. The van der Waals surface area contributed by atoms with E-state index in [1.54, 1.807) is 42.5 Å². The first-order valence-corrected chi connectivity index (χ1v) is 8.86. The van der Waals surface area contributed by atoms with Crippen molar-refractivity contribution in [1.29, 1.82) is 0 Å². The first-order valence-electron chi connectivity index (χ1n) is 8.07. The summed E-state index contributed by atoms with van der Waals surface area (Å²) in [5.74, 6) is -0.456. The van der Waals surface area contributed by atoms with Crippen LogP contribution < -0.4 is 10.6 Å². The SMILES string of the molecule is CN(C)CCCNC(=O)c1ccccc1NC(=O)c1ccccc1Br. The van der Waals surface area contributed by atoms with Gasteiger partial charge < -0.3 is 15.5 Å². The van der Waals surface area contributed by atoms with Crippen LogP contribution >= 0.6 is 15.9 Å². The van der Waals surface area contributed by atoms with Gasteiger partial charge in [-0.2, -0.15) is 0 Å². The van der Waals surface area contributed by atoms with Crippen molar-refractivity contribution < 1.29 is 9.59 Å². The van der Waals surface area contributed by atoms with E-state index in [0.29, 0.717) is 27.8 Å². The van der Waals surface area contributed by atoms with E-state index in [2.05, 4.69) is 31.5 Å². The number of rotatable bonds is 7. The topological polar surface area (TPSA) is 61.4 Å². The van der Waals surface area contributed by atoms with E-state index in [0.717, 1.165) is 13.0 Å². The molecule has 0 heterocycles. The molecule has 0 aromatic heterocycles. The third-order valence-electron chi connectivity index (χ3n) is 3.61. The molecule has 132 valence electrons. The number of hydrogen-bond acceptors (Lipinski definition) is 3. The number of nitrogens with zero attached hydrogens (tertiary/aromatic N) is 1. The fourth-order valence-electron chi connectivity index (χ4n) is 2.32. The average Bonchev–Trinajstić information content (AvgIpc) is 2.59. The van der Waals surface area contributed by atoms with Gasteiger partial charge in [-0.25, -0.2) is 0 Å². The summed E-state index contributed by atoms with van der Waals surface area (Å²) in [6.45, 7) is 1.49. The summed E-state index contributed by atoms with van der Waals surface area (Å²) in [5, 5.41) is 5.71. The van der Waals surface area contributed by atoms with Crippen LogP contribution in [0.1, 0.15) is 27.1 Å². The Kier molecular flexibility index (Phi) is 7.16. The van der Waals surface area contributed by atoms with Crippen LogP contribution in [0.4, 0.5) is 5.69 Å². The van der Waals surface area contributed by atoms with Gasteiger partial charge in [-0.05, 0) is 67.3 Å². The first kappa shape index (κ1) is 19.1. The van der Waals surface area contributed by atoms with Crippen molar-refractivity contribution in [2.45, 2.75) is 6.42 Å². The van der Waals surface area contributed by atoms with Gasteiger partial charge in [0.2, 0.25) is 0 Å². The molecule has 0 aliphatic carbocycles. The number of carbonyl (C=O) groups is 2. The molecule has 0 aliphatic rings. The first-order chi connectivity index (χ1) is 12.0. The van der Waals surface area contributed by atoms with Gasteiger partial charge >= 0.3 is 0 Å². The summed E-state index contributed by atoms with van der Waals surface area (Å²) in [7, 11) is 3.99. The van der Waals surface area contributed by atoms with Gasteiger partial charge in [-0.15, -0.1) is 0 Å². The minimum absolute atomic E-state index is 0.193. The lowest BCUT2D eigenvalue weighted by Crippen LogP contribution is -2.28. The molecule has 6 heteroatoms. The van der Waals surface area contributed by atoms with E-state index < -0.39 is 0 Å². The highest BCUT2D eigenvalue weighted by Gasteiger charge is 2.15. The van der Waals surface area contributed by atoms with Crippen molar-refractivity contribution in [3.8, 4) is 0 Å². The van der Waals surface area contributed by atoms with E-state index in [1.165, 1.54) is 0 Å². The molecule has 0 spiro atoms. The number of para-hydroxylation sites is 1. The average molecular weight is 404 g/mol. The van der Waals surface area contributed by atoms with Crippen molar-refractivity contribution in [3.63, 3.8) is 0 Å². The van der Waals surface area contributed by atoms with Crippen LogP contribution in [0.2, 0.25) is 0 Å². The van der Waals surface area contributed by atoms with Crippen molar-refractivity contribution in [2.75, 3.05) is 32.5 Å². The molecule has 0 saturated carbocycles. The summed E-state index contributed by atoms with van der Waals surface area (Å²) < 4.78 is 0.707. The minimum Gasteiger partial charge on any atom is -0.352 e. The Bertz CT molecular complexity index is 747. The highest BCUT2D eigenvalue weighted by molar-refractivity contribution is 9.10. The maximum atomic E-state index is 12.5. The Hall–Kier alpha value is -2.18. The number of halogens is 1. The Morgan fingerprint density at radius 2 is 1.60 bits per heavy atom. The van der Waals surface area contributed by atoms with E-state index in [4.69, 9.17) is 0 Å². The van der Waals surface area contributed by atoms with E-state index in [9.17, 15) is 9.59 Å². The Balaban J connectivity index is 2.06. The molecule has 0 bridgehead atoms. The third-order valence-corrected chi connectivity index (χ3v) is 4.30. The second kappa shape index (κ2) is 9.34. The summed E-state index contributed by atoms with van der Waals surface area (Å²) in [6, 6.07) is 14.2. The van der Waals surface area contributed by atoms with Gasteiger partial charge in [0.25, 0.3) is 11.8 Å². The smallest absolute Gasteiger partial charge is 0.256 e. The van der Waals surface area contributed by atoms with E-state index >= 15 is 0 Å². The Labute approximate surface area is 156 Å². The Morgan fingerprint density at radius 1 is 0.960 bits per heavy atom. The molecule has 2 rings (SSSR count). The normalized spacial score (nSPS) is 10.6. The lowest BCUT2D eigenvalue weighted by atomic mass is 10.1. The molecular weight excluding hydrogens is 382 g/mol. The molecule has 0 fully saturated rings. The van der Waals surface area contributed by atoms with Gasteiger partial charge in [0.15, 0.2) is 0 Å². The Morgan fingerprint density at radius 3 is 2.28 bits per heavy atom. The lowest BCUT2D eigenvalue weighted by molar-refractivity contribution is 0.0953. The molecule has 2 aromatic carbocycles. The van der Waals surface area contributed by atoms with Crippen molar-refractivity contribution in [3.05, 3.63) is 64.1 Å². The summed E-state index contributed by atoms with van der Waals surface area (Å²) in [4.78, 5) is 26.9. The molecule has 0 unspecified atom stereocenters. The second-order valence-electron chi connectivity index (χ2n) is 5.89. The van der Waals surface area contributed by atoms with Gasteiger partial charge in [0, 0.05) is 11.0 Å². The fraction of sp³-hybridized carbons (Fsp3) is 0.263. The monoisotopic (exact) mass is 403 g/mol. The standard InChI is InChI=1S/C19H22BrN3O2/c1-23(2)13-7-12-21-18(24)15-9-4-6-11-17(15)22-19(25)14-8-3-5-10-16(14)20/h3-6,8-11H,7,12-13H2,1-2H3,(H,21,24)(H,22,25). The molecule has 5 nitrogen and oxygen atoms in total. The summed E-state index contributed by atoms with van der Waals surface area (Å²) >= 11 is 3.37. The molecule has 0 atom stereocenters. The van der Waals surface area contributed by atoms with Crippen LogP contribution in [0.5, 0.6) is 0 Å². The number of anilines is 1. The van der Waals surface area contributed by atoms with Crippen molar-refractivity contribution in [2.24, 2.45) is 0 Å². The molecular formula is C19H22BrN3O2. The van der Waals surface area contributed by atoms with Crippen LogP contribution in [0.15, 0.2) is 53.0 Å². The van der Waals surface area contributed by atoms with Gasteiger partial charge in [-0.3, -0.25) is 9.59 Å². The summed E-state index contributed by atoms with van der Waals surface area (Å²) in [5.41, 5.74) is 1.46. The van der Waals surface area contributed by atoms with E-state index in [1.807, 2.05) is 20.2 Å². The van der Waals surface area contributed by atoms with Crippen LogP contribution in [-0.2, 0) is 0 Å². The fourth-order valence-corrected chi connectivity index (χ4v) is 2.78. The number of amides is 2. The van der Waals surface area contributed by atoms with E-state index in [-0.39, 0.29) is 11.8 Å². The van der Waals surface area contributed by atoms with Crippen LogP contribution in [-0.4, -0.2) is 43.9 Å². The molecule has 2 amide bonds. The van der Waals surface area contributed by atoms with Crippen LogP contribution in [0.25, 0.3) is 0 Å². The lowest BCUT2D eigenvalue weighted by Gasteiger charge is -2.13. The minimum atomic E-state index is -0.264. The molecule has 2 N–H and O–H groups in total. The highest BCUT2D eigenvalue weighted by atomic mass is 79.9. The largest absolute Gasteiger partial charge is 0.352 e. The molecule has 0 saturated heterocycles. The van der Waals surface area contributed by atoms with Gasteiger partial charge in [0.1, 0.15) is 0 Å². The zero-order valence-electron chi connectivity index (χ0n) is 14.4. The zero-order chi connectivity index (χ0) is 18.2. The zero-order valence-corrected chi connectivity index (χ0v) is 16.0. The second-order valence-corrected chi connectivity index (χ2v) is 6.75. The predicted molar refractivity (Wildman–Crippen MR) is 104 cm³/mol. The quantitative estimate of drug-likeness (QED) is 0.696. The maximum Gasteiger partial charge on any atom is 0.256 e. The molecule has 0 radical (unpaired) electrons. The van der Waals surface area contributed by atoms with Crippen LogP contribution in [0.3, 0.4) is 0 Å². The number of carbonyl (C=O) groups excluding carboxylic acids is 2. The number of nitrogens with one attached hydrogen (secondary N) is 2. The molecule has 0 aliphatic heterocycles. The van der Waals surface area contributed by atoms with Crippen molar-refractivity contribution in [1.82, 2.24) is 10.2 Å². The van der Waals surface area contributed by atoms with Gasteiger partial charge in [0.05, 0.1) is 16.8 Å². The highest BCUT2D eigenvalue weighted by Crippen LogP contribution is 2.20. The van der Waals surface area contributed by atoms with Crippen LogP contribution in [0, 0.1) is 0 Å². The summed E-state index contributed by atoms with van der Waals surface area (Å²) in [6.07, 6.45) is 0.865. The number of benzene rings is 2. The van der Waals surface area contributed by atoms with Gasteiger partial charge in [-0.1, -0.05) is 24.3 Å². The molecule has 25 heavy (non-hydrogen) atoms.